The first-order chi connectivity index (χ1) is 12.1. The first-order valence-electron chi connectivity index (χ1n) is 9.13. The maximum atomic E-state index is 12.5. The fraction of sp³-hybridized carbons (Fsp3) is 0.579. The Morgan fingerprint density at radius 2 is 1.96 bits per heavy atom. The van der Waals surface area contributed by atoms with E-state index in [4.69, 9.17) is 0 Å². The Hall–Kier alpha value is -1.53. The van der Waals surface area contributed by atoms with E-state index in [0.29, 0.717) is 23.9 Å². The first-order valence-corrected chi connectivity index (χ1v) is 10.1. The van der Waals surface area contributed by atoms with Crippen LogP contribution in [-0.4, -0.2) is 66.6 Å². The Balaban J connectivity index is 1.50. The van der Waals surface area contributed by atoms with E-state index < -0.39 is 0 Å². The highest BCUT2D eigenvalue weighted by Gasteiger charge is 2.25. The predicted molar refractivity (Wildman–Crippen MR) is 101 cm³/mol. The second-order valence-corrected chi connectivity index (χ2v) is 7.86. The van der Waals surface area contributed by atoms with Crippen molar-refractivity contribution < 1.29 is 9.59 Å². The van der Waals surface area contributed by atoms with E-state index in [1.165, 1.54) is 24.6 Å². The maximum Gasteiger partial charge on any atom is 0.252 e. The molecule has 0 spiro atoms. The molecule has 1 aliphatic carbocycles. The normalized spacial score (nSPS) is 17.1. The molecule has 2 aliphatic rings. The van der Waals surface area contributed by atoms with Crippen LogP contribution in [-0.2, 0) is 4.79 Å². The number of benzene rings is 1. The molecule has 0 bridgehead atoms. The summed E-state index contributed by atoms with van der Waals surface area (Å²) in [7, 11) is 2.11. The molecule has 1 heterocycles. The third-order valence-corrected chi connectivity index (χ3v) is 5.92. The smallest absolute Gasteiger partial charge is 0.252 e. The summed E-state index contributed by atoms with van der Waals surface area (Å²) in [6.45, 7) is 3.27. The van der Waals surface area contributed by atoms with E-state index in [0.717, 1.165) is 37.4 Å². The number of nitrogens with one attached hydrogen (secondary N) is 1. The Labute approximate surface area is 154 Å². The van der Waals surface area contributed by atoms with Crippen LogP contribution in [0.4, 0.5) is 0 Å². The molecule has 2 amide bonds. The van der Waals surface area contributed by atoms with Crippen molar-refractivity contribution in [3.05, 3.63) is 29.8 Å². The van der Waals surface area contributed by atoms with Crippen LogP contribution in [0.15, 0.2) is 29.2 Å². The summed E-state index contributed by atoms with van der Waals surface area (Å²) in [5.41, 5.74) is 0.663. The van der Waals surface area contributed by atoms with E-state index >= 15 is 0 Å². The van der Waals surface area contributed by atoms with Crippen molar-refractivity contribution >= 4 is 23.6 Å². The predicted octanol–water partition coefficient (Wildman–Crippen LogP) is 2.23. The van der Waals surface area contributed by atoms with Gasteiger partial charge in [-0.05, 0) is 44.9 Å². The van der Waals surface area contributed by atoms with Gasteiger partial charge in [-0.25, -0.2) is 0 Å². The van der Waals surface area contributed by atoms with E-state index in [2.05, 4.69) is 17.3 Å². The number of amides is 2. The SMILES string of the molecule is CN(CCNC(=O)c1ccccc1SCC(=O)N1CCCC1)C1CC1. The summed E-state index contributed by atoms with van der Waals surface area (Å²) >= 11 is 1.46. The summed E-state index contributed by atoms with van der Waals surface area (Å²) in [4.78, 5) is 29.8. The Morgan fingerprint density at radius 3 is 2.68 bits per heavy atom. The summed E-state index contributed by atoms with van der Waals surface area (Å²) in [5.74, 6) is 0.513. The molecule has 6 heteroatoms. The third kappa shape index (κ3) is 5.22. The van der Waals surface area contributed by atoms with E-state index in [1.807, 2.05) is 29.2 Å². The number of nitrogens with zero attached hydrogens (tertiary/aromatic N) is 2. The molecule has 1 saturated heterocycles. The zero-order valence-corrected chi connectivity index (χ0v) is 15.7. The summed E-state index contributed by atoms with van der Waals surface area (Å²) < 4.78 is 0. The number of rotatable bonds is 8. The van der Waals surface area contributed by atoms with Gasteiger partial charge >= 0.3 is 0 Å². The number of carbonyl (C=O) groups is 2. The van der Waals surface area contributed by atoms with Crippen LogP contribution in [0.5, 0.6) is 0 Å². The zero-order chi connectivity index (χ0) is 17.6. The summed E-state index contributed by atoms with van der Waals surface area (Å²) in [6, 6.07) is 8.25. The minimum absolute atomic E-state index is 0.0547. The van der Waals surface area contributed by atoms with Gasteiger partial charge in [0.05, 0.1) is 11.3 Å². The van der Waals surface area contributed by atoms with Crippen molar-refractivity contribution in [2.24, 2.45) is 0 Å². The Kier molecular flexibility index (Phi) is 6.37. The van der Waals surface area contributed by atoms with Gasteiger partial charge in [0.2, 0.25) is 5.91 Å². The van der Waals surface area contributed by atoms with Crippen LogP contribution in [0.1, 0.15) is 36.0 Å². The van der Waals surface area contributed by atoms with E-state index in [-0.39, 0.29) is 11.8 Å². The van der Waals surface area contributed by atoms with Gasteiger partial charge < -0.3 is 15.1 Å². The number of hydrogen-bond acceptors (Lipinski definition) is 4. The van der Waals surface area contributed by atoms with Crippen molar-refractivity contribution in [1.29, 1.82) is 0 Å². The molecule has 0 atom stereocenters. The lowest BCUT2D eigenvalue weighted by atomic mass is 10.2. The lowest BCUT2D eigenvalue weighted by Gasteiger charge is -2.17. The first kappa shape index (κ1) is 18.3. The molecule has 1 aromatic carbocycles. The molecule has 1 aliphatic heterocycles. The number of carbonyl (C=O) groups excluding carboxylic acids is 2. The monoisotopic (exact) mass is 361 g/mol. The second kappa shape index (κ2) is 8.72. The van der Waals surface area contributed by atoms with Gasteiger partial charge in [-0.2, -0.15) is 0 Å². The van der Waals surface area contributed by atoms with Crippen molar-refractivity contribution in [2.75, 3.05) is 39.0 Å². The van der Waals surface area contributed by atoms with E-state index in [9.17, 15) is 9.59 Å². The van der Waals surface area contributed by atoms with Crippen molar-refractivity contribution in [2.45, 2.75) is 36.6 Å². The highest BCUT2D eigenvalue weighted by molar-refractivity contribution is 8.00. The highest BCUT2D eigenvalue weighted by Crippen LogP contribution is 2.25. The van der Waals surface area contributed by atoms with Gasteiger partial charge in [0.15, 0.2) is 0 Å². The van der Waals surface area contributed by atoms with Gasteiger partial charge in [0.25, 0.3) is 5.91 Å². The van der Waals surface area contributed by atoms with Crippen LogP contribution in [0.25, 0.3) is 0 Å². The number of likely N-dealkylation sites (N-methyl/N-ethyl adjacent to an activating group) is 1. The molecule has 0 aromatic heterocycles. The molecule has 1 N–H and O–H groups in total. The molecule has 0 unspecified atom stereocenters. The van der Waals surface area contributed by atoms with Crippen molar-refractivity contribution in [3.8, 4) is 0 Å². The van der Waals surface area contributed by atoms with Gasteiger partial charge in [0.1, 0.15) is 0 Å². The van der Waals surface area contributed by atoms with Crippen LogP contribution >= 0.6 is 11.8 Å². The molecule has 5 nitrogen and oxygen atoms in total. The quantitative estimate of drug-likeness (QED) is 0.722. The van der Waals surface area contributed by atoms with Gasteiger partial charge in [-0.3, -0.25) is 9.59 Å². The van der Waals surface area contributed by atoms with Gasteiger partial charge in [-0.15, -0.1) is 11.8 Å². The fourth-order valence-corrected chi connectivity index (χ4v) is 4.07. The zero-order valence-electron chi connectivity index (χ0n) is 14.9. The molecule has 136 valence electrons. The Morgan fingerprint density at radius 1 is 1.24 bits per heavy atom. The fourth-order valence-electron chi connectivity index (χ4n) is 3.12. The number of thioether (sulfide) groups is 1. The summed E-state index contributed by atoms with van der Waals surface area (Å²) in [6.07, 6.45) is 4.75. The van der Waals surface area contributed by atoms with Crippen molar-refractivity contribution in [1.82, 2.24) is 15.1 Å². The Bertz CT molecular complexity index is 612. The summed E-state index contributed by atoms with van der Waals surface area (Å²) in [5, 5.41) is 3.01. The molecule has 25 heavy (non-hydrogen) atoms. The van der Waals surface area contributed by atoms with Gasteiger partial charge in [0, 0.05) is 37.1 Å². The topological polar surface area (TPSA) is 52.7 Å². The third-order valence-electron chi connectivity index (χ3n) is 4.86. The van der Waals surface area contributed by atoms with Crippen LogP contribution in [0.3, 0.4) is 0 Å². The van der Waals surface area contributed by atoms with Crippen molar-refractivity contribution in [3.63, 3.8) is 0 Å². The molecular weight excluding hydrogens is 334 g/mol. The lowest BCUT2D eigenvalue weighted by molar-refractivity contribution is -0.127. The molecule has 0 radical (unpaired) electrons. The minimum atomic E-state index is -0.0547. The average Bonchev–Trinajstić information content (AvgIpc) is 3.34. The number of likely N-dealkylation sites (tertiary alicyclic amines) is 1. The minimum Gasteiger partial charge on any atom is -0.351 e. The molecule has 1 aromatic rings. The highest BCUT2D eigenvalue weighted by atomic mass is 32.2. The van der Waals surface area contributed by atoms with Crippen LogP contribution < -0.4 is 5.32 Å². The van der Waals surface area contributed by atoms with Crippen LogP contribution in [0.2, 0.25) is 0 Å². The van der Waals surface area contributed by atoms with E-state index in [1.54, 1.807) is 0 Å². The standard InChI is InChI=1S/C19H27N3O2S/c1-21(15-8-9-15)13-10-20-19(24)16-6-2-3-7-17(16)25-14-18(23)22-11-4-5-12-22/h2-3,6-7,15H,4-5,8-14H2,1H3,(H,20,24). The van der Waals surface area contributed by atoms with Crippen LogP contribution in [0, 0.1) is 0 Å². The molecule has 2 fully saturated rings. The second-order valence-electron chi connectivity index (χ2n) is 6.84. The van der Waals surface area contributed by atoms with Gasteiger partial charge in [-0.1, -0.05) is 12.1 Å². The lowest BCUT2D eigenvalue weighted by Crippen LogP contribution is -2.34. The average molecular weight is 362 g/mol. The maximum absolute atomic E-state index is 12.5. The molecule has 1 saturated carbocycles. The largest absolute Gasteiger partial charge is 0.351 e. The molecular formula is C19H27N3O2S. The number of hydrogen-bond donors (Lipinski definition) is 1. The molecule has 3 rings (SSSR count).